The van der Waals surface area contributed by atoms with Crippen LogP contribution in [0.3, 0.4) is 0 Å². The minimum atomic E-state index is -3.33. The second kappa shape index (κ2) is 8.30. The fraction of sp³-hybridized carbons (Fsp3) is 0.263. The third kappa shape index (κ3) is 5.13. The lowest BCUT2D eigenvalue weighted by Gasteiger charge is -2.16. The van der Waals surface area contributed by atoms with Gasteiger partial charge in [-0.15, -0.1) is 0 Å². The topological polar surface area (TPSA) is 101 Å². The van der Waals surface area contributed by atoms with E-state index in [1.165, 1.54) is 43.3 Å². The van der Waals surface area contributed by atoms with E-state index in [0.717, 1.165) is 6.07 Å². The van der Waals surface area contributed by atoms with Gasteiger partial charge in [-0.1, -0.05) is 31.2 Å². The van der Waals surface area contributed by atoms with Gasteiger partial charge in [0.15, 0.2) is 15.9 Å². The molecule has 0 radical (unpaired) electrons. The standard InChI is InChI=1S/C19H20FNO5S/c1-3-27(25,26)15-7-4-13(5-8-15)11-17(22)21-18(19(23)24)14-6-9-16(20)12(2)10-14/h4-10,18H,3,11H2,1-2H3,(H,21,22)(H,23,24). The summed E-state index contributed by atoms with van der Waals surface area (Å²) in [5.74, 6) is -2.30. The van der Waals surface area contributed by atoms with Crippen LogP contribution < -0.4 is 5.32 Å². The van der Waals surface area contributed by atoms with Crippen LogP contribution in [0.2, 0.25) is 0 Å². The minimum absolute atomic E-state index is 0.0236. The predicted octanol–water partition coefficient (Wildman–Crippen LogP) is 2.41. The van der Waals surface area contributed by atoms with E-state index in [1.54, 1.807) is 6.92 Å². The fourth-order valence-corrected chi connectivity index (χ4v) is 3.40. The second-order valence-electron chi connectivity index (χ2n) is 6.07. The maximum atomic E-state index is 13.4. The van der Waals surface area contributed by atoms with E-state index in [-0.39, 0.29) is 28.2 Å². The monoisotopic (exact) mass is 393 g/mol. The minimum Gasteiger partial charge on any atom is -0.479 e. The molecule has 0 aromatic heterocycles. The maximum Gasteiger partial charge on any atom is 0.330 e. The molecule has 0 saturated heterocycles. The molecule has 0 bridgehead atoms. The molecule has 0 saturated carbocycles. The number of amides is 1. The van der Waals surface area contributed by atoms with Crippen molar-refractivity contribution < 1.29 is 27.5 Å². The molecule has 6 nitrogen and oxygen atoms in total. The molecular formula is C19H20FNO5S. The lowest BCUT2D eigenvalue weighted by Crippen LogP contribution is -2.34. The van der Waals surface area contributed by atoms with Crippen molar-refractivity contribution >= 4 is 21.7 Å². The number of sulfone groups is 1. The molecule has 27 heavy (non-hydrogen) atoms. The zero-order valence-corrected chi connectivity index (χ0v) is 15.7. The van der Waals surface area contributed by atoms with E-state index >= 15 is 0 Å². The number of rotatable bonds is 7. The van der Waals surface area contributed by atoms with Crippen LogP contribution in [0.1, 0.15) is 29.7 Å². The number of carboxylic acids is 1. The Hall–Kier alpha value is -2.74. The smallest absolute Gasteiger partial charge is 0.330 e. The zero-order valence-electron chi connectivity index (χ0n) is 14.9. The van der Waals surface area contributed by atoms with E-state index in [0.29, 0.717) is 5.56 Å². The van der Waals surface area contributed by atoms with Crippen molar-refractivity contribution in [3.8, 4) is 0 Å². The number of carboxylic acid groups (broad SMARTS) is 1. The van der Waals surface area contributed by atoms with Gasteiger partial charge >= 0.3 is 5.97 Å². The first kappa shape index (κ1) is 20.6. The van der Waals surface area contributed by atoms with Crippen molar-refractivity contribution in [3.05, 3.63) is 65.0 Å². The number of nitrogens with one attached hydrogen (secondary N) is 1. The summed E-state index contributed by atoms with van der Waals surface area (Å²) in [6, 6.07) is 8.39. The molecule has 0 spiro atoms. The van der Waals surface area contributed by atoms with Gasteiger partial charge in [-0.2, -0.15) is 0 Å². The van der Waals surface area contributed by atoms with Crippen LogP contribution in [-0.2, 0) is 25.8 Å². The summed E-state index contributed by atoms with van der Waals surface area (Å²) in [5, 5.41) is 11.8. The number of carbonyl (C=O) groups is 2. The van der Waals surface area contributed by atoms with Gasteiger partial charge in [-0.3, -0.25) is 4.79 Å². The van der Waals surface area contributed by atoms with Crippen LogP contribution in [0.4, 0.5) is 4.39 Å². The molecular weight excluding hydrogens is 373 g/mol. The normalized spacial score (nSPS) is 12.4. The molecule has 0 aliphatic carbocycles. The largest absolute Gasteiger partial charge is 0.479 e. The van der Waals surface area contributed by atoms with Crippen LogP contribution in [0.25, 0.3) is 0 Å². The highest BCUT2D eigenvalue weighted by molar-refractivity contribution is 7.91. The Morgan fingerprint density at radius 1 is 1.15 bits per heavy atom. The first-order valence-electron chi connectivity index (χ1n) is 8.24. The highest BCUT2D eigenvalue weighted by atomic mass is 32.2. The zero-order chi connectivity index (χ0) is 20.2. The van der Waals surface area contributed by atoms with E-state index in [9.17, 15) is 27.5 Å². The van der Waals surface area contributed by atoms with Gasteiger partial charge in [0.25, 0.3) is 0 Å². The molecule has 0 fully saturated rings. The summed E-state index contributed by atoms with van der Waals surface area (Å²) in [7, 11) is -3.33. The molecule has 144 valence electrons. The SMILES string of the molecule is CCS(=O)(=O)c1ccc(CC(=O)NC(C(=O)O)c2ccc(F)c(C)c2)cc1. The summed E-state index contributed by atoms with van der Waals surface area (Å²) in [4.78, 5) is 23.9. The number of aryl methyl sites for hydroxylation is 1. The number of carbonyl (C=O) groups excluding carboxylic acids is 1. The fourth-order valence-electron chi connectivity index (χ4n) is 2.51. The Bertz CT molecular complexity index is 955. The maximum absolute atomic E-state index is 13.4. The Labute approximate surface area is 157 Å². The second-order valence-corrected chi connectivity index (χ2v) is 8.35. The number of halogens is 1. The van der Waals surface area contributed by atoms with Crippen LogP contribution in [0.5, 0.6) is 0 Å². The van der Waals surface area contributed by atoms with Gasteiger partial charge in [0.2, 0.25) is 5.91 Å². The Kier molecular flexibility index (Phi) is 6.32. The lowest BCUT2D eigenvalue weighted by molar-refractivity contribution is -0.142. The van der Waals surface area contributed by atoms with Crippen LogP contribution >= 0.6 is 0 Å². The van der Waals surface area contributed by atoms with Gasteiger partial charge < -0.3 is 10.4 Å². The van der Waals surface area contributed by atoms with E-state index in [4.69, 9.17) is 0 Å². The highest BCUT2D eigenvalue weighted by Crippen LogP contribution is 2.18. The lowest BCUT2D eigenvalue weighted by atomic mass is 10.0. The van der Waals surface area contributed by atoms with Gasteiger partial charge in [-0.05, 0) is 41.8 Å². The van der Waals surface area contributed by atoms with E-state index in [2.05, 4.69) is 5.32 Å². The summed E-state index contributed by atoms with van der Waals surface area (Å²) in [5.41, 5.74) is 1.09. The predicted molar refractivity (Wildman–Crippen MR) is 97.5 cm³/mol. The molecule has 1 atom stereocenters. The van der Waals surface area contributed by atoms with Crippen molar-refractivity contribution in [2.75, 3.05) is 5.75 Å². The van der Waals surface area contributed by atoms with Crippen molar-refractivity contribution in [1.29, 1.82) is 0 Å². The summed E-state index contributed by atoms with van der Waals surface area (Å²) in [6.45, 7) is 3.05. The summed E-state index contributed by atoms with van der Waals surface area (Å²) in [6.07, 6.45) is -0.115. The molecule has 2 rings (SSSR count). The molecule has 1 unspecified atom stereocenters. The third-order valence-corrected chi connectivity index (χ3v) is 5.85. The Morgan fingerprint density at radius 3 is 2.30 bits per heavy atom. The van der Waals surface area contributed by atoms with Crippen molar-refractivity contribution in [1.82, 2.24) is 5.32 Å². The van der Waals surface area contributed by atoms with E-state index < -0.39 is 33.6 Å². The van der Waals surface area contributed by atoms with Crippen molar-refractivity contribution in [2.45, 2.75) is 31.2 Å². The average Bonchev–Trinajstić information content (AvgIpc) is 2.62. The van der Waals surface area contributed by atoms with Crippen LogP contribution in [0, 0.1) is 12.7 Å². The number of hydrogen-bond donors (Lipinski definition) is 2. The molecule has 1 amide bonds. The molecule has 0 aliphatic rings. The van der Waals surface area contributed by atoms with Gasteiger partial charge in [0.05, 0.1) is 17.1 Å². The summed E-state index contributed by atoms with van der Waals surface area (Å²) >= 11 is 0. The third-order valence-electron chi connectivity index (χ3n) is 4.09. The number of aliphatic carboxylic acids is 1. The van der Waals surface area contributed by atoms with Crippen molar-refractivity contribution in [3.63, 3.8) is 0 Å². The molecule has 0 aliphatic heterocycles. The first-order valence-corrected chi connectivity index (χ1v) is 9.89. The highest BCUT2D eigenvalue weighted by Gasteiger charge is 2.23. The number of benzene rings is 2. The quantitative estimate of drug-likeness (QED) is 0.752. The first-order chi connectivity index (χ1) is 12.6. The molecule has 2 aromatic rings. The van der Waals surface area contributed by atoms with Crippen LogP contribution in [0.15, 0.2) is 47.4 Å². The van der Waals surface area contributed by atoms with Crippen molar-refractivity contribution in [2.24, 2.45) is 0 Å². The van der Waals surface area contributed by atoms with E-state index in [1.807, 2.05) is 0 Å². The molecule has 8 heteroatoms. The Morgan fingerprint density at radius 2 is 1.78 bits per heavy atom. The summed E-state index contributed by atoms with van der Waals surface area (Å²) < 4.78 is 37.0. The Balaban J connectivity index is 2.12. The number of hydrogen-bond acceptors (Lipinski definition) is 4. The molecule has 0 heterocycles. The molecule has 2 N–H and O–H groups in total. The van der Waals surface area contributed by atoms with Gasteiger partial charge in [0, 0.05) is 0 Å². The van der Waals surface area contributed by atoms with Gasteiger partial charge in [-0.25, -0.2) is 17.6 Å². The van der Waals surface area contributed by atoms with Gasteiger partial charge in [0.1, 0.15) is 5.82 Å². The van der Waals surface area contributed by atoms with Crippen LogP contribution in [-0.4, -0.2) is 31.2 Å². The average molecular weight is 393 g/mol. The molecule has 2 aromatic carbocycles.